The zero-order valence-electron chi connectivity index (χ0n) is 16.7. The van der Waals surface area contributed by atoms with Crippen molar-refractivity contribution >= 4 is 44.9 Å². The van der Waals surface area contributed by atoms with Crippen molar-refractivity contribution in [3.05, 3.63) is 92.5 Å². The topological polar surface area (TPSA) is 114 Å². The third-order valence-corrected chi connectivity index (χ3v) is 6.14. The summed E-state index contributed by atoms with van der Waals surface area (Å²) in [4.78, 5) is 10.2. The van der Waals surface area contributed by atoms with Crippen molar-refractivity contribution in [2.24, 2.45) is 5.10 Å². The third-order valence-electron chi connectivity index (χ3n) is 4.39. The van der Waals surface area contributed by atoms with E-state index in [1.54, 1.807) is 43.3 Å². The number of hydrogen-bond acceptors (Lipinski definition) is 6. The molecular formula is C21H19ClN4O4S. The number of nitrogens with zero attached hydrogens (tertiary/aromatic N) is 2. The average Bonchev–Trinajstić information content (AvgIpc) is 2.71. The molecule has 0 saturated heterocycles. The minimum Gasteiger partial charge on any atom is -0.279 e. The number of nitrogens with one attached hydrogen (secondary N) is 2. The SMILES string of the molecule is Cc1ccc(NS(=O)(=O)c2cc([N+](=O)[O-])ccc2N/N=C\c2ccccc2Cl)c(C)c1. The van der Waals surface area contributed by atoms with Crippen LogP contribution in [0.2, 0.25) is 5.02 Å². The Kier molecular flexibility index (Phi) is 6.57. The maximum absolute atomic E-state index is 13.1. The zero-order valence-corrected chi connectivity index (χ0v) is 18.2. The number of aryl methyl sites for hydroxylation is 2. The number of halogens is 1. The van der Waals surface area contributed by atoms with Crippen molar-refractivity contribution in [1.29, 1.82) is 0 Å². The van der Waals surface area contributed by atoms with Crippen LogP contribution in [0.3, 0.4) is 0 Å². The molecule has 0 radical (unpaired) electrons. The molecule has 31 heavy (non-hydrogen) atoms. The van der Waals surface area contributed by atoms with Crippen molar-refractivity contribution in [2.75, 3.05) is 10.1 Å². The van der Waals surface area contributed by atoms with Gasteiger partial charge in [0.15, 0.2) is 0 Å². The Bertz CT molecular complexity index is 1280. The van der Waals surface area contributed by atoms with Crippen LogP contribution in [0.5, 0.6) is 0 Å². The molecule has 2 N–H and O–H groups in total. The molecule has 0 spiro atoms. The van der Waals surface area contributed by atoms with Crippen molar-refractivity contribution in [3.63, 3.8) is 0 Å². The normalized spacial score (nSPS) is 11.5. The summed E-state index contributed by atoms with van der Waals surface area (Å²) in [7, 11) is -4.16. The minimum absolute atomic E-state index is 0.0752. The summed E-state index contributed by atoms with van der Waals surface area (Å²) < 4.78 is 28.6. The van der Waals surface area contributed by atoms with Crippen LogP contribution in [-0.2, 0) is 10.0 Å². The van der Waals surface area contributed by atoms with Gasteiger partial charge in [0.05, 0.1) is 22.5 Å². The molecule has 3 rings (SSSR count). The first-order valence-electron chi connectivity index (χ1n) is 9.09. The number of sulfonamides is 1. The summed E-state index contributed by atoms with van der Waals surface area (Å²) in [5.74, 6) is 0. The highest BCUT2D eigenvalue weighted by Crippen LogP contribution is 2.29. The van der Waals surface area contributed by atoms with Crippen LogP contribution in [0.25, 0.3) is 0 Å². The second kappa shape index (κ2) is 9.15. The predicted molar refractivity (Wildman–Crippen MR) is 122 cm³/mol. The van der Waals surface area contributed by atoms with Crippen molar-refractivity contribution in [2.45, 2.75) is 18.7 Å². The lowest BCUT2D eigenvalue weighted by Crippen LogP contribution is -2.16. The van der Waals surface area contributed by atoms with E-state index in [9.17, 15) is 18.5 Å². The molecule has 0 bridgehead atoms. The number of benzene rings is 3. The molecule has 0 amide bonds. The maximum atomic E-state index is 13.1. The first-order chi connectivity index (χ1) is 14.7. The number of hydrogen-bond donors (Lipinski definition) is 2. The predicted octanol–water partition coefficient (Wildman–Crippen LogP) is 5.11. The van der Waals surface area contributed by atoms with Gasteiger partial charge in [-0.15, -0.1) is 0 Å². The highest BCUT2D eigenvalue weighted by molar-refractivity contribution is 7.92. The molecule has 3 aromatic carbocycles. The monoisotopic (exact) mass is 458 g/mol. The van der Waals surface area contributed by atoms with Crippen LogP contribution >= 0.6 is 11.6 Å². The molecule has 0 saturated carbocycles. The van der Waals surface area contributed by atoms with Gasteiger partial charge in [-0.25, -0.2) is 8.42 Å². The van der Waals surface area contributed by atoms with Gasteiger partial charge in [-0.2, -0.15) is 5.10 Å². The van der Waals surface area contributed by atoms with Crippen molar-refractivity contribution in [1.82, 2.24) is 0 Å². The quantitative estimate of drug-likeness (QED) is 0.290. The van der Waals surface area contributed by atoms with Gasteiger partial charge in [-0.1, -0.05) is 47.5 Å². The van der Waals surface area contributed by atoms with E-state index >= 15 is 0 Å². The number of non-ortho nitro benzene ring substituents is 1. The second-order valence-corrected chi connectivity index (χ2v) is 8.81. The molecule has 3 aromatic rings. The Morgan fingerprint density at radius 2 is 1.74 bits per heavy atom. The Balaban J connectivity index is 1.97. The summed E-state index contributed by atoms with van der Waals surface area (Å²) in [5, 5.41) is 15.7. The summed E-state index contributed by atoms with van der Waals surface area (Å²) in [6.07, 6.45) is 1.43. The Morgan fingerprint density at radius 1 is 1.03 bits per heavy atom. The number of nitro benzene ring substituents is 1. The van der Waals surface area contributed by atoms with Gasteiger partial charge < -0.3 is 0 Å². The van der Waals surface area contributed by atoms with Crippen molar-refractivity contribution in [3.8, 4) is 0 Å². The molecule has 8 nitrogen and oxygen atoms in total. The van der Waals surface area contributed by atoms with Crippen LogP contribution in [0.4, 0.5) is 17.1 Å². The molecule has 160 valence electrons. The van der Waals surface area contributed by atoms with E-state index in [4.69, 9.17) is 11.6 Å². The third kappa shape index (κ3) is 5.39. The van der Waals surface area contributed by atoms with E-state index in [1.807, 2.05) is 13.0 Å². The van der Waals surface area contributed by atoms with Gasteiger partial charge in [0.1, 0.15) is 4.90 Å². The fourth-order valence-electron chi connectivity index (χ4n) is 2.82. The molecule has 0 aliphatic heterocycles. The van der Waals surface area contributed by atoms with E-state index in [0.29, 0.717) is 16.3 Å². The van der Waals surface area contributed by atoms with Crippen molar-refractivity contribution < 1.29 is 13.3 Å². The Morgan fingerprint density at radius 3 is 2.42 bits per heavy atom. The number of anilines is 2. The summed E-state index contributed by atoms with van der Waals surface area (Å²) in [6.45, 7) is 3.66. The van der Waals surface area contributed by atoms with Crippen LogP contribution < -0.4 is 10.1 Å². The van der Waals surface area contributed by atoms with E-state index in [1.165, 1.54) is 18.3 Å². The van der Waals surface area contributed by atoms with Crippen LogP contribution in [0.15, 0.2) is 70.7 Å². The summed E-state index contributed by atoms with van der Waals surface area (Å²) >= 11 is 6.08. The average molecular weight is 459 g/mol. The number of nitro groups is 1. The lowest BCUT2D eigenvalue weighted by molar-refractivity contribution is -0.385. The van der Waals surface area contributed by atoms with Gasteiger partial charge in [0.2, 0.25) is 0 Å². The van der Waals surface area contributed by atoms with E-state index in [2.05, 4.69) is 15.2 Å². The van der Waals surface area contributed by atoms with Gasteiger partial charge in [0.25, 0.3) is 15.7 Å². The first-order valence-corrected chi connectivity index (χ1v) is 11.0. The van der Waals surface area contributed by atoms with Gasteiger partial charge in [0, 0.05) is 22.7 Å². The van der Waals surface area contributed by atoms with Gasteiger partial charge in [-0.05, 0) is 37.6 Å². The number of hydrazone groups is 1. The van der Waals surface area contributed by atoms with Crippen LogP contribution in [0, 0.1) is 24.0 Å². The lowest BCUT2D eigenvalue weighted by atomic mass is 10.1. The highest BCUT2D eigenvalue weighted by Gasteiger charge is 2.23. The fourth-order valence-corrected chi connectivity index (χ4v) is 4.31. The first kappa shape index (κ1) is 22.3. The molecular weight excluding hydrogens is 440 g/mol. The van der Waals surface area contributed by atoms with Gasteiger partial charge in [-0.3, -0.25) is 20.3 Å². The van der Waals surface area contributed by atoms with E-state index in [0.717, 1.165) is 17.2 Å². The van der Waals surface area contributed by atoms with E-state index < -0.39 is 14.9 Å². The second-order valence-electron chi connectivity index (χ2n) is 6.75. The zero-order chi connectivity index (χ0) is 22.6. The molecule has 0 aromatic heterocycles. The molecule has 0 aliphatic carbocycles. The Hall–Kier alpha value is -3.43. The largest absolute Gasteiger partial charge is 0.279 e. The smallest absolute Gasteiger partial charge is 0.270 e. The lowest BCUT2D eigenvalue weighted by Gasteiger charge is -2.14. The van der Waals surface area contributed by atoms with Crippen LogP contribution in [0.1, 0.15) is 16.7 Å². The molecule has 0 unspecified atom stereocenters. The molecule has 0 fully saturated rings. The number of rotatable bonds is 7. The highest BCUT2D eigenvalue weighted by atomic mass is 35.5. The van der Waals surface area contributed by atoms with Gasteiger partial charge >= 0.3 is 0 Å². The molecule has 0 aliphatic rings. The summed E-state index contributed by atoms with van der Waals surface area (Å²) in [5.41, 5.74) is 5.06. The minimum atomic E-state index is -4.16. The molecule has 0 heterocycles. The van der Waals surface area contributed by atoms with Crippen LogP contribution in [-0.4, -0.2) is 19.6 Å². The summed E-state index contributed by atoms with van der Waals surface area (Å²) in [6, 6.07) is 15.7. The molecule has 10 heteroatoms. The Labute approximate surface area is 184 Å². The maximum Gasteiger partial charge on any atom is 0.270 e. The standard InChI is InChI=1S/C21H19ClN4O4S/c1-14-7-9-19(15(2)11-14)25-31(29,30)21-12-17(26(27)28)8-10-20(21)24-23-13-16-5-3-4-6-18(16)22/h3-13,24-25H,1-2H3/b23-13-. The fraction of sp³-hybridized carbons (Fsp3) is 0.0952. The van der Waals surface area contributed by atoms with E-state index in [-0.39, 0.29) is 16.3 Å². The molecule has 0 atom stereocenters.